The maximum Gasteiger partial charge on any atom is 0.315 e. The van der Waals surface area contributed by atoms with Crippen molar-refractivity contribution >= 4 is 29.3 Å². The number of ketones is 1. The number of hydrogen-bond donors (Lipinski definition) is 1. The summed E-state index contributed by atoms with van der Waals surface area (Å²) in [7, 11) is 1.30. The molecule has 0 fully saturated rings. The van der Waals surface area contributed by atoms with Gasteiger partial charge in [-0.1, -0.05) is 6.08 Å². The summed E-state index contributed by atoms with van der Waals surface area (Å²) in [4.78, 5) is 23.4. The van der Waals surface area contributed by atoms with E-state index < -0.39 is 16.4 Å². The SMILES string of the molecule is COc1cc(/C=C/C(=O)c2ccc(SC)cc2)cc([N+](=O)[O-])c1O. The average Bonchev–Trinajstić information content (AvgIpc) is 2.60. The van der Waals surface area contributed by atoms with Crippen LogP contribution in [0, 0.1) is 10.1 Å². The Labute approximate surface area is 142 Å². The summed E-state index contributed by atoms with van der Waals surface area (Å²) in [6.07, 6.45) is 4.71. The summed E-state index contributed by atoms with van der Waals surface area (Å²) >= 11 is 1.58. The fourth-order valence-corrected chi connectivity index (χ4v) is 2.44. The first-order chi connectivity index (χ1) is 11.5. The van der Waals surface area contributed by atoms with E-state index in [2.05, 4.69) is 0 Å². The minimum Gasteiger partial charge on any atom is -0.500 e. The summed E-state index contributed by atoms with van der Waals surface area (Å²) in [5.74, 6) is -0.795. The Morgan fingerprint density at radius 1 is 1.29 bits per heavy atom. The number of nitrogens with zero attached hydrogens (tertiary/aromatic N) is 1. The Kier molecular flexibility index (Phi) is 5.59. The Bertz CT molecular complexity index is 799. The van der Waals surface area contributed by atoms with Gasteiger partial charge in [0.25, 0.3) is 0 Å². The second-order valence-corrected chi connectivity index (χ2v) is 5.65. The van der Waals surface area contributed by atoms with Gasteiger partial charge in [-0.25, -0.2) is 0 Å². The number of nitro benzene ring substituents is 1. The van der Waals surface area contributed by atoms with Crippen molar-refractivity contribution in [1.82, 2.24) is 0 Å². The summed E-state index contributed by atoms with van der Waals surface area (Å²) in [6.45, 7) is 0. The molecular formula is C17H15NO5S. The van der Waals surface area contributed by atoms with Crippen LogP contribution in [0.4, 0.5) is 5.69 Å². The predicted octanol–water partition coefficient (Wildman–Crippen LogP) is 3.93. The van der Waals surface area contributed by atoms with Gasteiger partial charge in [0.2, 0.25) is 5.75 Å². The first-order valence-electron chi connectivity index (χ1n) is 6.88. The molecule has 0 spiro atoms. The van der Waals surface area contributed by atoms with E-state index in [4.69, 9.17) is 4.74 Å². The number of nitro groups is 1. The first-order valence-corrected chi connectivity index (χ1v) is 8.10. The number of phenols is 1. The van der Waals surface area contributed by atoms with Crippen molar-refractivity contribution in [3.05, 3.63) is 63.7 Å². The zero-order valence-corrected chi connectivity index (χ0v) is 13.9. The van der Waals surface area contributed by atoms with Crippen LogP contribution in [-0.4, -0.2) is 29.2 Å². The van der Waals surface area contributed by atoms with Crippen molar-refractivity contribution in [2.45, 2.75) is 4.90 Å². The highest BCUT2D eigenvalue weighted by atomic mass is 32.2. The van der Waals surface area contributed by atoms with Gasteiger partial charge >= 0.3 is 5.69 Å². The number of carbonyl (C=O) groups excluding carboxylic acids is 1. The second-order valence-electron chi connectivity index (χ2n) is 4.77. The molecule has 2 aromatic rings. The van der Waals surface area contributed by atoms with Gasteiger partial charge in [0.15, 0.2) is 11.5 Å². The molecule has 24 heavy (non-hydrogen) atoms. The molecule has 0 amide bonds. The molecule has 0 saturated heterocycles. The maximum absolute atomic E-state index is 12.1. The lowest BCUT2D eigenvalue weighted by Gasteiger charge is -2.05. The van der Waals surface area contributed by atoms with Gasteiger partial charge in [0.1, 0.15) is 0 Å². The van der Waals surface area contributed by atoms with Crippen molar-refractivity contribution in [3.63, 3.8) is 0 Å². The van der Waals surface area contributed by atoms with Crippen LogP contribution in [0.3, 0.4) is 0 Å². The third-order valence-electron chi connectivity index (χ3n) is 3.30. The number of carbonyl (C=O) groups is 1. The number of thioether (sulfide) groups is 1. The van der Waals surface area contributed by atoms with Crippen molar-refractivity contribution in [2.75, 3.05) is 13.4 Å². The number of hydrogen-bond acceptors (Lipinski definition) is 6. The lowest BCUT2D eigenvalue weighted by molar-refractivity contribution is -0.386. The molecule has 124 valence electrons. The topological polar surface area (TPSA) is 89.7 Å². The molecule has 0 atom stereocenters. The van der Waals surface area contributed by atoms with E-state index in [1.807, 2.05) is 18.4 Å². The predicted molar refractivity (Wildman–Crippen MR) is 92.9 cm³/mol. The number of methoxy groups -OCH3 is 1. The molecule has 0 aliphatic heterocycles. The Morgan fingerprint density at radius 2 is 1.96 bits per heavy atom. The lowest BCUT2D eigenvalue weighted by Crippen LogP contribution is -1.95. The fourth-order valence-electron chi connectivity index (χ4n) is 2.03. The van der Waals surface area contributed by atoms with Crippen LogP contribution in [0.1, 0.15) is 15.9 Å². The molecule has 0 aliphatic rings. The smallest absolute Gasteiger partial charge is 0.315 e. The van der Waals surface area contributed by atoms with Crippen LogP contribution in [0.5, 0.6) is 11.5 Å². The lowest BCUT2D eigenvalue weighted by atomic mass is 10.1. The highest BCUT2D eigenvalue weighted by molar-refractivity contribution is 7.98. The van der Waals surface area contributed by atoms with Crippen molar-refractivity contribution in [2.24, 2.45) is 0 Å². The highest BCUT2D eigenvalue weighted by Gasteiger charge is 2.19. The second kappa shape index (κ2) is 7.65. The normalized spacial score (nSPS) is 10.8. The summed E-state index contributed by atoms with van der Waals surface area (Å²) in [5, 5.41) is 20.7. The molecule has 0 bridgehead atoms. The summed E-state index contributed by atoms with van der Waals surface area (Å²) in [5.41, 5.74) is 0.417. The number of aromatic hydroxyl groups is 1. The number of ether oxygens (including phenoxy) is 1. The molecule has 2 aromatic carbocycles. The quantitative estimate of drug-likeness (QED) is 0.280. The van der Waals surface area contributed by atoms with Gasteiger partial charge in [0.05, 0.1) is 12.0 Å². The molecule has 2 rings (SSSR count). The van der Waals surface area contributed by atoms with E-state index in [1.54, 1.807) is 23.9 Å². The maximum atomic E-state index is 12.1. The van der Waals surface area contributed by atoms with Crippen LogP contribution in [0.25, 0.3) is 6.08 Å². The highest BCUT2D eigenvalue weighted by Crippen LogP contribution is 2.37. The number of rotatable bonds is 6. The third-order valence-corrected chi connectivity index (χ3v) is 4.04. The van der Waals surface area contributed by atoms with E-state index in [-0.39, 0.29) is 11.5 Å². The molecule has 0 aromatic heterocycles. The molecule has 0 radical (unpaired) electrons. The van der Waals surface area contributed by atoms with Crippen molar-refractivity contribution < 1.29 is 19.6 Å². The summed E-state index contributed by atoms with van der Waals surface area (Å²) < 4.78 is 4.92. The number of phenolic OH excluding ortho intramolecular Hbond substituents is 1. The minimum absolute atomic E-state index is 0.0272. The third kappa shape index (κ3) is 3.94. The van der Waals surface area contributed by atoms with Gasteiger partial charge in [-0.05, 0) is 48.2 Å². The van der Waals surface area contributed by atoms with Crippen LogP contribution in [0.2, 0.25) is 0 Å². The first kappa shape index (κ1) is 17.6. The van der Waals surface area contributed by atoms with Crippen LogP contribution in [0.15, 0.2) is 47.4 Å². The van der Waals surface area contributed by atoms with E-state index in [1.165, 1.54) is 31.4 Å². The molecule has 1 N–H and O–H groups in total. The van der Waals surface area contributed by atoms with Gasteiger partial charge in [-0.2, -0.15) is 0 Å². The van der Waals surface area contributed by atoms with Gasteiger partial charge in [0, 0.05) is 16.5 Å². The molecule has 0 unspecified atom stereocenters. The monoisotopic (exact) mass is 345 g/mol. The van der Waals surface area contributed by atoms with E-state index >= 15 is 0 Å². The summed E-state index contributed by atoms with van der Waals surface area (Å²) in [6, 6.07) is 9.73. The fraction of sp³-hybridized carbons (Fsp3) is 0.118. The zero-order chi connectivity index (χ0) is 17.7. The van der Waals surface area contributed by atoms with E-state index in [0.717, 1.165) is 4.90 Å². The molecule has 0 aliphatic carbocycles. The molecule has 0 saturated carbocycles. The molecule has 7 heteroatoms. The number of benzene rings is 2. The standard InChI is InChI=1S/C17H15NO5S/c1-23-16-10-11(9-14(17(16)20)18(21)22)3-8-15(19)12-4-6-13(24-2)7-5-12/h3-10,20H,1-2H3/b8-3+. The Hall–Kier alpha value is -2.80. The van der Waals surface area contributed by atoms with Crippen LogP contribution in [-0.2, 0) is 0 Å². The average molecular weight is 345 g/mol. The van der Waals surface area contributed by atoms with Crippen LogP contribution < -0.4 is 4.74 Å². The minimum atomic E-state index is -0.710. The van der Waals surface area contributed by atoms with E-state index in [0.29, 0.717) is 11.1 Å². The largest absolute Gasteiger partial charge is 0.500 e. The van der Waals surface area contributed by atoms with Crippen molar-refractivity contribution in [3.8, 4) is 11.5 Å². The molecular weight excluding hydrogens is 330 g/mol. The van der Waals surface area contributed by atoms with Crippen LogP contribution >= 0.6 is 11.8 Å². The number of allylic oxidation sites excluding steroid dienone is 1. The zero-order valence-electron chi connectivity index (χ0n) is 13.1. The van der Waals surface area contributed by atoms with Gasteiger partial charge in [-0.3, -0.25) is 14.9 Å². The van der Waals surface area contributed by atoms with E-state index in [9.17, 15) is 20.0 Å². The molecule has 6 nitrogen and oxygen atoms in total. The Morgan fingerprint density at radius 3 is 2.50 bits per heavy atom. The van der Waals surface area contributed by atoms with Gasteiger partial charge in [-0.15, -0.1) is 11.8 Å². The van der Waals surface area contributed by atoms with Gasteiger partial charge < -0.3 is 9.84 Å². The Balaban J connectivity index is 2.28. The van der Waals surface area contributed by atoms with Crippen molar-refractivity contribution in [1.29, 1.82) is 0 Å². The molecule has 0 heterocycles.